The molecule has 7 heteroatoms. The van der Waals surface area contributed by atoms with Crippen LogP contribution in [0.1, 0.15) is 31.4 Å². The fraction of sp³-hybridized carbons (Fsp3) is 0.520. The average molecular weight is 437 g/mol. The van der Waals surface area contributed by atoms with E-state index in [1.807, 2.05) is 32.0 Å². The minimum Gasteiger partial charge on any atom is -0.379 e. The van der Waals surface area contributed by atoms with E-state index in [4.69, 9.17) is 4.74 Å². The number of carbonyl (C=O) groups is 2. The number of carbonyl (C=O) groups excluding carboxylic acids is 2. The lowest BCUT2D eigenvalue weighted by molar-refractivity contribution is -0.132. The highest BCUT2D eigenvalue weighted by Crippen LogP contribution is 2.49. The number of nitrogens with zero attached hydrogens (tertiary/aromatic N) is 4. The van der Waals surface area contributed by atoms with E-state index in [0.717, 1.165) is 36.1 Å². The normalized spacial score (nSPS) is 26.3. The van der Waals surface area contributed by atoms with E-state index in [1.54, 1.807) is 0 Å². The van der Waals surface area contributed by atoms with Gasteiger partial charge in [0.05, 0.1) is 19.3 Å². The number of ether oxygens (including phenoxy) is 1. The summed E-state index contributed by atoms with van der Waals surface area (Å²) < 4.78 is 5.41. The highest BCUT2D eigenvalue weighted by atomic mass is 16.5. The number of imide groups is 1. The number of amides is 3. The first-order chi connectivity index (χ1) is 15.4. The van der Waals surface area contributed by atoms with E-state index in [2.05, 4.69) is 40.1 Å². The number of hydrogen-bond acceptors (Lipinski definition) is 5. The van der Waals surface area contributed by atoms with Gasteiger partial charge < -0.3 is 14.5 Å². The first-order valence-electron chi connectivity index (χ1n) is 11.6. The molecule has 32 heavy (non-hydrogen) atoms. The summed E-state index contributed by atoms with van der Waals surface area (Å²) in [5.41, 5.74) is 1.53. The molecule has 3 aliphatic rings. The molecule has 3 aliphatic heterocycles. The lowest BCUT2D eigenvalue weighted by atomic mass is 9.95. The maximum Gasteiger partial charge on any atom is 0.328 e. The zero-order valence-corrected chi connectivity index (χ0v) is 19.2. The molecule has 2 atom stereocenters. The quantitative estimate of drug-likeness (QED) is 0.675. The molecule has 5 rings (SSSR count). The maximum absolute atomic E-state index is 13.5. The minimum atomic E-state index is -0.756. The smallest absolute Gasteiger partial charge is 0.328 e. The first-order valence-corrected chi connectivity index (χ1v) is 11.6. The van der Waals surface area contributed by atoms with Crippen LogP contribution in [-0.4, -0.2) is 85.7 Å². The average Bonchev–Trinajstić information content (AvgIpc) is 3.24. The molecular weight excluding hydrogens is 404 g/mol. The van der Waals surface area contributed by atoms with Crippen LogP contribution >= 0.6 is 0 Å². The van der Waals surface area contributed by atoms with Crippen molar-refractivity contribution in [2.75, 3.05) is 58.4 Å². The molecule has 2 aromatic carbocycles. The van der Waals surface area contributed by atoms with Gasteiger partial charge >= 0.3 is 6.03 Å². The van der Waals surface area contributed by atoms with Crippen LogP contribution in [-0.2, 0) is 9.53 Å². The van der Waals surface area contributed by atoms with Crippen molar-refractivity contribution in [3.8, 4) is 0 Å². The number of urea groups is 1. The first kappa shape index (κ1) is 21.2. The van der Waals surface area contributed by atoms with Crippen LogP contribution in [0.15, 0.2) is 36.4 Å². The zero-order valence-electron chi connectivity index (χ0n) is 19.2. The fourth-order valence-electron chi connectivity index (χ4n) is 5.62. The zero-order chi connectivity index (χ0) is 22.5. The minimum absolute atomic E-state index is 0.0486. The summed E-state index contributed by atoms with van der Waals surface area (Å²) >= 11 is 0. The summed E-state index contributed by atoms with van der Waals surface area (Å²) in [5, 5.41) is 2.32. The second kappa shape index (κ2) is 8.05. The van der Waals surface area contributed by atoms with Gasteiger partial charge in [0.1, 0.15) is 5.54 Å². The van der Waals surface area contributed by atoms with Crippen LogP contribution < -0.4 is 4.90 Å². The monoisotopic (exact) mass is 436 g/mol. The molecule has 3 saturated heterocycles. The largest absolute Gasteiger partial charge is 0.379 e. The van der Waals surface area contributed by atoms with E-state index in [-0.39, 0.29) is 18.0 Å². The lowest BCUT2D eigenvalue weighted by Crippen LogP contribution is -2.44. The second-order valence-corrected chi connectivity index (χ2v) is 9.51. The topological polar surface area (TPSA) is 56.3 Å². The van der Waals surface area contributed by atoms with E-state index in [0.29, 0.717) is 32.7 Å². The SMILES string of the molecule is CN(C)c1ccc(C2CC[C@@]3(C)C(=O)N(CCN4CCOCC4)C(=O)N23)c2ccccc12. The van der Waals surface area contributed by atoms with Gasteiger partial charge in [0, 0.05) is 51.3 Å². The molecule has 3 amide bonds. The Morgan fingerprint density at radius 1 is 1.03 bits per heavy atom. The molecule has 170 valence electrons. The van der Waals surface area contributed by atoms with Crippen molar-refractivity contribution in [3.05, 3.63) is 42.0 Å². The predicted octanol–water partition coefficient (Wildman–Crippen LogP) is 3.10. The molecule has 0 N–H and O–H groups in total. The summed E-state index contributed by atoms with van der Waals surface area (Å²) in [5.74, 6) is -0.0486. The molecule has 3 fully saturated rings. The van der Waals surface area contributed by atoms with Gasteiger partial charge in [0.15, 0.2) is 0 Å². The molecule has 0 saturated carbocycles. The summed E-state index contributed by atoms with van der Waals surface area (Å²) in [6.45, 7) is 6.22. The molecule has 0 aliphatic carbocycles. The van der Waals surface area contributed by atoms with Crippen LogP contribution in [0.5, 0.6) is 0 Å². The van der Waals surface area contributed by atoms with Gasteiger partial charge in [0.25, 0.3) is 5.91 Å². The van der Waals surface area contributed by atoms with Crippen LogP contribution in [0.2, 0.25) is 0 Å². The van der Waals surface area contributed by atoms with Gasteiger partial charge in [-0.1, -0.05) is 30.3 Å². The van der Waals surface area contributed by atoms with Crippen LogP contribution in [0.4, 0.5) is 10.5 Å². The number of benzene rings is 2. The number of anilines is 1. The highest BCUT2D eigenvalue weighted by Gasteiger charge is 2.60. The van der Waals surface area contributed by atoms with Crippen molar-refractivity contribution in [1.82, 2.24) is 14.7 Å². The Bertz CT molecular complexity index is 1050. The van der Waals surface area contributed by atoms with Gasteiger partial charge in [-0.05, 0) is 36.8 Å². The van der Waals surface area contributed by atoms with Crippen LogP contribution in [0.3, 0.4) is 0 Å². The molecule has 2 aromatic rings. The molecule has 3 heterocycles. The van der Waals surface area contributed by atoms with Gasteiger partial charge in [-0.2, -0.15) is 0 Å². The van der Waals surface area contributed by atoms with Gasteiger partial charge in [-0.15, -0.1) is 0 Å². The van der Waals surface area contributed by atoms with Crippen LogP contribution in [0, 0.1) is 0 Å². The van der Waals surface area contributed by atoms with Crippen molar-refractivity contribution in [1.29, 1.82) is 0 Å². The standard InChI is InChI=1S/C25H32N4O3/c1-25-11-10-22(20-8-9-21(26(2)3)19-7-5-4-6-18(19)20)29(25)24(31)28(23(25)30)13-12-27-14-16-32-17-15-27/h4-9,22H,10-17H2,1-3H3/t22?,25-/m0/s1. The van der Waals surface area contributed by atoms with Crippen molar-refractivity contribution >= 4 is 28.4 Å². The van der Waals surface area contributed by atoms with E-state index >= 15 is 0 Å². The van der Waals surface area contributed by atoms with Crippen LogP contribution in [0.25, 0.3) is 10.8 Å². The van der Waals surface area contributed by atoms with Crippen molar-refractivity contribution < 1.29 is 14.3 Å². The number of fused-ring (bicyclic) bond motifs is 2. The highest BCUT2D eigenvalue weighted by molar-refractivity contribution is 6.08. The number of hydrogen-bond donors (Lipinski definition) is 0. The lowest BCUT2D eigenvalue weighted by Gasteiger charge is -2.30. The Morgan fingerprint density at radius 2 is 1.75 bits per heavy atom. The fourth-order valence-corrected chi connectivity index (χ4v) is 5.62. The van der Waals surface area contributed by atoms with E-state index in [9.17, 15) is 9.59 Å². The Morgan fingerprint density at radius 3 is 2.47 bits per heavy atom. The van der Waals surface area contributed by atoms with Gasteiger partial charge in [-0.25, -0.2) is 4.79 Å². The van der Waals surface area contributed by atoms with Crippen molar-refractivity contribution in [2.24, 2.45) is 0 Å². The molecular formula is C25H32N4O3. The maximum atomic E-state index is 13.5. The summed E-state index contributed by atoms with van der Waals surface area (Å²) in [6, 6.07) is 12.4. The third-order valence-electron chi connectivity index (χ3n) is 7.41. The summed E-state index contributed by atoms with van der Waals surface area (Å²) in [6.07, 6.45) is 1.50. The molecule has 7 nitrogen and oxygen atoms in total. The molecule has 0 aromatic heterocycles. The van der Waals surface area contributed by atoms with Gasteiger partial charge in [0.2, 0.25) is 0 Å². The summed E-state index contributed by atoms with van der Waals surface area (Å²) in [7, 11) is 4.09. The molecule has 0 bridgehead atoms. The van der Waals surface area contributed by atoms with Crippen molar-refractivity contribution in [3.63, 3.8) is 0 Å². The third kappa shape index (κ3) is 3.26. The molecule has 0 radical (unpaired) electrons. The Kier molecular flexibility index (Phi) is 5.34. The van der Waals surface area contributed by atoms with E-state index < -0.39 is 5.54 Å². The van der Waals surface area contributed by atoms with Gasteiger partial charge in [-0.3, -0.25) is 14.6 Å². The second-order valence-electron chi connectivity index (χ2n) is 9.51. The number of morpholine rings is 1. The Balaban J connectivity index is 1.45. The third-order valence-corrected chi connectivity index (χ3v) is 7.41. The number of rotatable bonds is 5. The Labute approximate surface area is 189 Å². The summed E-state index contributed by atoms with van der Waals surface area (Å²) in [4.78, 5) is 34.7. The predicted molar refractivity (Wildman–Crippen MR) is 125 cm³/mol. The van der Waals surface area contributed by atoms with Crippen molar-refractivity contribution in [2.45, 2.75) is 31.3 Å². The van der Waals surface area contributed by atoms with E-state index in [1.165, 1.54) is 10.3 Å². The Hall–Kier alpha value is -2.64. The molecule has 0 spiro atoms. The molecule has 1 unspecified atom stereocenters.